The number of nitrogens with one attached hydrogen (secondary N) is 1. The van der Waals surface area contributed by atoms with Crippen molar-refractivity contribution in [1.29, 1.82) is 0 Å². The van der Waals surface area contributed by atoms with Crippen molar-refractivity contribution in [2.45, 2.75) is 0 Å². The Labute approximate surface area is 119 Å². The van der Waals surface area contributed by atoms with E-state index in [0.717, 1.165) is 18.3 Å². The lowest BCUT2D eigenvalue weighted by Crippen LogP contribution is -2.14. The molecule has 6 heteroatoms. The summed E-state index contributed by atoms with van der Waals surface area (Å²) in [6, 6.07) is 6.27. The van der Waals surface area contributed by atoms with Crippen LogP contribution in [0, 0.1) is 23.5 Å². The molecule has 1 heterocycles. The van der Waals surface area contributed by atoms with Gasteiger partial charge in [-0.15, -0.1) is 0 Å². The van der Waals surface area contributed by atoms with Crippen molar-refractivity contribution < 1.29 is 18.7 Å². The molecule has 4 nitrogen and oxygen atoms in total. The summed E-state index contributed by atoms with van der Waals surface area (Å²) in [5, 5.41) is 10.9. The van der Waals surface area contributed by atoms with Gasteiger partial charge in [-0.05, 0) is 30.3 Å². The van der Waals surface area contributed by atoms with Crippen LogP contribution in [0.4, 0.5) is 14.5 Å². The van der Waals surface area contributed by atoms with Gasteiger partial charge in [0.2, 0.25) is 0 Å². The number of pyridine rings is 1. The monoisotopic (exact) mass is 288 g/mol. The quantitative estimate of drug-likeness (QED) is 0.830. The molecule has 0 aliphatic heterocycles. The smallest absolute Gasteiger partial charge is 0.274 e. The molecule has 106 valence electrons. The number of carbonyl (C=O) groups excluding carboxylic acids is 1. The number of hydrogen-bond donors (Lipinski definition) is 2. The number of nitrogens with zero attached hydrogens (tertiary/aromatic N) is 1. The van der Waals surface area contributed by atoms with Gasteiger partial charge in [0.05, 0.1) is 11.9 Å². The molecule has 1 aromatic heterocycles. The van der Waals surface area contributed by atoms with E-state index in [-0.39, 0.29) is 18.0 Å². The van der Waals surface area contributed by atoms with E-state index in [1.54, 1.807) is 0 Å². The van der Waals surface area contributed by atoms with E-state index in [1.165, 1.54) is 18.2 Å². The van der Waals surface area contributed by atoms with Crippen LogP contribution in [0.2, 0.25) is 0 Å². The topological polar surface area (TPSA) is 62.2 Å². The predicted octanol–water partition coefficient (Wildman–Crippen LogP) is 1.96. The number of hydrogen-bond acceptors (Lipinski definition) is 3. The molecular weight excluding hydrogens is 278 g/mol. The first-order chi connectivity index (χ1) is 10.1. The minimum atomic E-state index is -0.671. The first kappa shape index (κ1) is 14.6. The van der Waals surface area contributed by atoms with Gasteiger partial charge in [0.15, 0.2) is 0 Å². The van der Waals surface area contributed by atoms with Crippen LogP contribution >= 0.6 is 0 Å². The van der Waals surface area contributed by atoms with Crippen LogP contribution in [0.1, 0.15) is 16.1 Å². The third-order valence-corrected chi connectivity index (χ3v) is 2.49. The minimum absolute atomic E-state index is 0.0278. The van der Waals surface area contributed by atoms with Crippen molar-refractivity contribution in [1.82, 2.24) is 4.98 Å². The highest BCUT2D eigenvalue weighted by Gasteiger charge is 2.10. The second-order valence-corrected chi connectivity index (χ2v) is 3.97. The summed E-state index contributed by atoms with van der Waals surface area (Å²) >= 11 is 0. The molecule has 0 spiro atoms. The van der Waals surface area contributed by atoms with E-state index < -0.39 is 17.5 Å². The number of aliphatic hydroxyl groups excluding tert-OH is 1. The molecule has 2 rings (SSSR count). The lowest BCUT2D eigenvalue weighted by atomic mass is 10.2. The summed E-state index contributed by atoms with van der Waals surface area (Å²) in [4.78, 5) is 15.4. The lowest BCUT2D eigenvalue weighted by molar-refractivity contribution is 0.102. The molecule has 2 aromatic rings. The molecule has 0 aliphatic rings. The van der Waals surface area contributed by atoms with Gasteiger partial charge in [-0.25, -0.2) is 13.8 Å². The number of carbonyl (C=O) groups is 1. The molecule has 0 aliphatic carbocycles. The van der Waals surface area contributed by atoms with E-state index in [2.05, 4.69) is 22.1 Å². The number of rotatable bonds is 2. The minimum Gasteiger partial charge on any atom is -0.384 e. The van der Waals surface area contributed by atoms with Crippen LogP contribution in [0.5, 0.6) is 0 Å². The van der Waals surface area contributed by atoms with Crippen molar-refractivity contribution in [3.8, 4) is 11.8 Å². The number of aliphatic hydroxyl groups is 1. The second-order valence-electron chi connectivity index (χ2n) is 3.97. The molecule has 0 radical (unpaired) electrons. The predicted molar refractivity (Wildman–Crippen MR) is 72.5 cm³/mol. The molecular formula is C15H10F2N2O2. The standard InChI is InChI=1S/C15H10F2N2O2/c16-11-4-6-14(18-9-11)15(21)19-13-5-3-10(2-1-7-20)8-12(13)17/h3-6,8-9,20H,7H2,(H,19,21). The Morgan fingerprint density at radius 2 is 2.10 bits per heavy atom. The van der Waals surface area contributed by atoms with Gasteiger partial charge in [0.25, 0.3) is 5.91 Å². The third-order valence-electron chi connectivity index (χ3n) is 2.49. The molecule has 0 saturated heterocycles. The van der Waals surface area contributed by atoms with Crippen LogP contribution in [-0.2, 0) is 0 Å². The Hall–Kier alpha value is -2.78. The second kappa shape index (κ2) is 6.59. The van der Waals surface area contributed by atoms with Crippen molar-refractivity contribution in [3.05, 3.63) is 59.4 Å². The number of halogens is 2. The summed E-state index contributed by atoms with van der Waals surface area (Å²) in [7, 11) is 0. The van der Waals surface area contributed by atoms with Crippen LogP contribution in [0.25, 0.3) is 0 Å². The first-order valence-corrected chi connectivity index (χ1v) is 5.92. The Kier molecular flexibility index (Phi) is 4.59. The Morgan fingerprint density at radius 1 is 1.29 bits per heavy atom. The molecule has 1 aromatic carbocycles. The van der Waals surface area contributed by atoms with Crippen molar-refractivity contribution in [2.24, 2.45) is 0 Å². The van der Waals surface area contributed by atoms with E-state index >= 15 is 0 Å². The summed E-state index contributed by atoms with van der Waals surface area (Å²) in [6.45, 7) is -0.323. The highest BCUT2D eigenvalue weighted by Crippen LogP contribution is 2.16. The molecule has 0 atom stereocenters. The maximum atomic E-state index is 13.8. The SMILES string of the molecule is O=C(Nc1ccc(C#CCO)cc1F)c1ccc(F)cn1. The van der Waals surface area contributed by atoms with Crippen LogP contribution in [0.3, 0.4) is 0 Å². The zero-order chi connectivity index (χ0) is 15.2. The fraction of sp³-hybridized carbons (Fsp3) is 0.0667. The highest BCUT2D eigenvalue weighted by atomic mass is 19.1. The number of anilines is 1. The van der Waals surface area contributed by atoms with E-state index in [1.807, 2.05) is 0 Å². The zero-order valence-electron chi connectivity index (χ0n) is 10.7. The average molecular weight is 288 g/mol. The van der Waals surface area contributed by atoms with Crippen molar-refractivity contribution >= 4 is 11.6 Å². The van der Waals surface area contributed by atoms with Gasteiger partial charge >= 0.3 is 0 Å². The third kappa shape index (κ3) is 3.84. The molecule has 0 bridgehead atoms. The largest absolute Gasteiger partial charge is 0.384 e. The Morgan fingerprint density at radius 3 is 2.71 bits per heavy atom. The number of benzene rings is 1. The van der Waals surface area contributed by atoms with Gasteiger partial charge in [-0.3, -0.25) is 4.79 Å². The molecule has 21 heavy (non-hydrogen) atoms. The van der Waals surface area contributed by atoms with Crippen LogP contribution in [-0.4, -0.2) is 22.6 Å². The van der Waals surface area contributed by atoms with Crippen LogP contribution in [0.15, 0.2) is 36.5 Å². The number of aromatic nitrogens is 1. The van der Waals surface area contributed by atoms with Crippen LogP contribution < -0.4 is 5.32 Å². The Bertz CT molecular complexity index is 719. The zero-order valence-corrected chi connectivity index (χ0v) is 10.7. The maximum absolute atomic E-state index is 13.8. The van der Waals surface area contributed by atoms with Gasteiger partial charge in [0.1, 0.15) is 23.9 Å². The van der Waals surface area contributed by atoms with Crippen molar-refractivity contribution in [3.63, 3.8) is 0 Å². The Balaban J connectivity index is 2.16. The van der Waals surface area contributed by atoms with E-state index in [9.17, 15) is 13.6 Å². The summed E-state index contributed by atoms with van der Waals surface area (Å²) < 4.78 is 26.5. The maximum Gasteiger partial charge on any atom is 0.274 e. The molecule has 2 N–H and O–H groups in total. The average Bonchev–Trinajstić information content (AvgIpc) is 2.48. The van der Waals surface area contributed by atoms with Gasteiger partial charge in [0, 0.05) is 5.56 Å². The summed E-state index contributed by atoms with van der Waals surface area (Å²) in [6.07, 6.45) is 0.902. The highest BCUT2D eigenvalue weighted by molar-refractivity contribution is 6.02. The number of amides is 1. The molecule has 0 saturated carbocycles. The van der Waals surface area contributed by atoms with Crippen molar-refractivity contribution in [2.75, 3.05) is 11.9 Å². The van der Waals surface area contributed by atoms with E-state index in [4.69, 9.17) is 5.11 Å². The van der Waals surface area contributed by atoms with Gasteiger partial charge in [-0.1, -0.05) is 11.8 Å². The summed E-state index contributed by atoms with van der Waals surface area (Å²) in [5.41, 5.74) is 0.306. The normalized spacial score (nSPS) is 9.67. The lowest BCUT2D eigenvalue weighted by Gasteiger charge is -2.06. The summed E-state index contributed by atoms with van der Waals surface area (Å²) in [5.74, 6) is 3.05. The fourth-order valence-corrected chi connectivity index (χ4v) is 1.53. The molecule has 0 unspecified atom stereocenters. The van der Waals surface area contributed by atoms with Gasteiger partial charge in [-0.2, -0.15) is 0 Å². The molecule has 1 amide bonds. The first-order valence-electron chi connectivity index (χ1n) is 5.92. The van der Waals surface area contributed by atoms with E-state index in [0.29, 0.717) is 5.56 Å². The molecule has 0 fully saturated rings. The van der Waals surface area contributed by atoms with Gasteiger partial charge < -0.3 is 10.4 Å². The fourth-order valence-electron chi connectivity index (χ4n) is 1.53.